The topological polar surface area (TPSA) is 72.4 Å². The van der Waals surface area contributed by atoms with Gasteiger partial charge in [0.2, 0.25) is 0 Å². The van der Waals surface area contributed by atoms with E-state index < -0.39 is 0 Å². The van der Waals surface area contributed by atoms with E-state index in [-0.39, 0.29) is 5.60 Å². The van der Waals surface area contributed by atoms with Crippen molar-refractivity contribution in [2.24, 2.45) is 0 Å². The predicted molar refractivity (Wildman–Crippen MR) is 117 cm³/mol. The monoisotopic (exact) mass is 413 g/mol. The number of anilines is 2. The Morgan fingerprint density at radius 2 is 2.07 bits per heavy atom. The number of nitrogens with one attached hydrogen (secondary N) is 1. The minimum atomic E-state index is -0.190. The van der Waals surface area contributed by atoms with Gasteiger partial charge in [0.1, 0.15) is 22.8 Å². The van der Waals surface area contributed by atoms with Crippen LogP contribution >= 0.6 is 11.3 Å². The molecular weight excluding hydrogens is 386 g/mol. The normalized spacial score (nSPS) is 18.5. The number of ether oxygens (including phenoxy) is 2. The Morgan fingerprint density at radius 3 is 2.86 bits per heavy atom. The van der Waals surface area contributed by atoms with Gasteiger partial charge in [0, 0.05) is 44.1 Å². The van der Waals surface area contributed by atoms with Gasteiger partial charge in [-0.3, -0.25) is 0 Å². The third-order valence-corrected chi connectivity index (χ3v) is 6.89. The minimum absolute atomic E-state index is 0.190. The summed E-state index contributed by atoms with van der Waals surface area (Å²) in [6.45, 7) is 8.43. The average molecular weight is 414 g/mol. The van der Waals surface area contributed by atoms with E-state index in [4.69, 9.17) is 14.5 Å². The van der Waals surface area contributed by atoms with Gasteiger partial charge in [0.15, 0.2) is 0 Å². The first-order valence-electron chi connectivity index (χ1n) is 10.3. The number of thiophene rings is 1. The van der Waals surface area contributed by atoms with Crippen LogP contribution in [0.5, 0.6) is 0 Å². The lowest BCUT2D eigenvalue weighted by Gasteiger charge is -2.34. The van der Waals surface area contributed by atoms with Gasteiger partial charge >= 0.3 is 0 Å². The summed E-state index contributed by atoms with van der Waals surface area (Å²) in [4.78, 5) is 17.8. The maximum Gasteiger partial charge on any atom is 0.147 e. The summed E-state index contributed by atoms with van der Waals surface area (Å²) in [5.74, 6) is 1.96. The molecule has 2 aliphatic rings. The van der Waals surface area contributed by atoms with Crippen molar-refractivity contribution in [2.75, 3.05) is 43.6 Å². The van der Waals surface area contributed by atoms with Crippen LogP contribution in [0.15, 0.2) is 6.33 Å². The van der Waals surface area contributed by atoms with Crippen LogP contribution < -0.4 is 10.2 Å². The summed E-state index contributed by atoms with van der Waals surface area (Å²) in [5.41, 5.74) is 3.39. The fourth-order valence-electron chi connectivity index (χ4n) is 4.38. The maximum absolute atomic E-state index is 6.20. The Bertz CT molecular complexity index is 1060. The Hall–Kier alpha value is -2.03. The van der Waals surface area contributed by atoms with Crippen molar-refractivity contribution >= 4 is 43.4 Å². The smallest absolute Gasteiger partial charge is 0.147 e. The molecule has 0 atom stereocenters. The first kappa shape index (κ1) is 19.0. The number of pyridine rings is 1. The molecule has 7 nitrogen and oxygen atoms in total. The van der Waals surface area contributed by atoms with Crippen molar-refractivity contribution in [1.82, 2.24) is 15.0 Å². The highest BCUT2D eigenvalue weighted by Gasteiger charge is 2.33. The van der Waals surface area contributed by atoms with Crippen molar-refractivity contribution < 1.29 is 9.47 Å². The molecule has 0 saturated carbocycles. The van der Waals surface area contributed by atoms with Crippen LogP contribution in [0.3, 0.4) is 0 Å². The number of aromatic nitrogens is 3. The average Bonchev–Trinajstić information content (AvgIpc) is 3.35. The Labute approximate surface area is 174 Å². The molecule has 0 spiro atoms. The van der Waals surface area contributed by atoms with Crippen molar-refractivity contribution in [3.8, 4) is 0 Å². The first-order valence-corrected chi connectivity index (χ1v) is 11.1. The molecule has 0 aliphatic carbocycles. The number of hydrogen-bond donors (Lipinski definition) is 1. The van der Waals surface area contributed by atoms with E-state index in [1.807, 2.05) is 0 Å². The standard InChI is InChI=1S/C21H27N5O2S/c1-21(2)10-13-14(11-28-21)19(26-7-4-5-8-26)25-20-15(13)16-17(29-20)18(24-12-23-16)22-6-9-27-3/h12H,4-11H2,1-3H3,(H,22,23,24). The first-order chi connectivity index (χ1) is 14.1. The SMILES string of the molecule is COCCNc1ncnc2c1sc1nc(N3CCCC3)c3c(c12)CC(C)(C)OC3. The second kappa shape index (κ2) is 7.34. The lowest BCUT2D eigenvalue weighted by molar-refractivity contribution is -0.0395. The van der Waals surface area contributed by atoms with Crippen LogP contribution in [-0.4, -0.2) is 53.9 Å². The molecule has 8 heteroatoms. The molecule has 1 fully saturated rings. The van der Waals surface area contributed by atoms with Crippen LogP contribution in [0.1, 0.15) is 37.8 Å². The molecule has 3 aromatic heterocycles. The Kier molecular flexibility index (Phi) is 4.80. The van der Waals surface area contributed by atoms with E-state index in [1.54, 1.807) is 24.8 Å². The van der Waals surface area contributed by atoms with E-state index in [0.29, 0.717) is 19.8 Å². The van der Waals surface area contributed by atoms with Crippen molar-refractivity contribution in [1.29, 1.82) is 0 Å². The Balaban J connectivity index is 1.72. The molecular formula is C21H27N5O2S. The van der Waals surface area contributed by atoms with Gasteiger partial charge in [-0.25, -0.2) is 15.0 Å². The molecule has 3 aromatic rings. The molecule has 1 saturated heterocycles. The van der Waals surface area contributed by atoms with E-state index in [2.05, 4.69) is 34.0 Å². The molecule has 0 amide bonds. The molecule has 5 rings (SSSR count). The Morgan fingerprint density at radius 1 is 1.24 bits per heavy atom. The van der Waals surface area contributed by atoms with Gasteiger partial charge in [0.25, 0.3) is 0 Å². The second-order valence-corrected chi connectivity index (χ2v) is 9.41. The molecule has 0 aromatic carbocycles. The zero-order valence-corrected chi connectivity index (χ0v) is 18.1. The van der Waals surface area contributed by atoms with Gasteiger partial charge in [-0.05, 0) is 32.3 Å². The summed E-state index contributed by atoms with van der Waals surface area (Å²) in [6.07, 6.45) is 4.97. The minimum Gasteiger partial charge on any atom is -0.383 e. The second-order valence-electron chi connectivity index (χ2n) is 8.41. The van der Waals surface area contributed by atoms with Crippen LogP contribution in [0.2, 0.25) is 0 Å². The van der Waals surface area contributed by atoms with Crippen LogP contribution in [0.4, 0.5) is 11.6 Å². The number of nitrogens with zero attached hydrogens (tertiary/aromatic N) is 4. The lowest BCUT2D eigenvalue weighted by atomic mass is 9.90. The van der Waals surface area contributed by atoms with E-state index in [1.165, 1.54) is 29.4 Å². The van der Waals surface area contributed by atoms with Gasteiger partial charge in [-0.15, -0.1) is 11.3 Å². The summed E-state index contributed by atoms with van der Waals surface area (Å²) in [5, 5.41) is 4.56. The van der Waals surface area contributed by atoms with Crippen LogP contribution in [-0.2, 0) is 22.5 Å². The van der Waals surface area contributed by atoms with Crippen LogP contribution in [0.25, 0.3) is 20.4 Å². The van der Waals surface area contributed by atoms with Crippen molar-refractivity contribution in [2.45, 2.75) is 45.3 Å². The van der Waals surface area contributed by atoms with Gasteiger partial charge in [0.05, 0.1) is 29.0 Å². The molecule has 0 bridgehead atoms. The highest BCUT2D eigenvalue weighted by Crippen LogP contribution is 2.44. The summed E-state index contributed by atoms with van der Waals surface area (Å²) in [6, 6.07) is 0. The fourth-order valence-corrected chi connectivity index (χ4v) is 5.50. The zero-order valence-electron chi connectivity index (χ0n) is 17.2. The van der Waals surface area contributed by atoms with Gasteiger partial charge in [-0.1, -0.05) is 0 Å². The van der Waals surface area contributed by atoms with Crippen molar-refractivity contribution in [3.05, 3.63) is 17.5 Å². The highest BCUT2D eigenvalue weighted by atomic mass is 32.1. The van der Waals surface area contributed by atoms with Gasteiger partial charge in [-0.2, -0.15) is 0 Å². The van der Waals surface area contributed by atoms with Crippen molar-refractivity contribution in [3.63, 3.8) is 0 Å². The van der Waals surface area contributed by atoms with E-state index in [0.717, 1.165) is 46.2 Å². The largest absolute Gasteiger partial charge is 0.383 e. The third kappa shape index (κ3) is 3.33. The summed E-state index contributed by atoms with van der Waals surface area (Å²) >= 11 is 1.69. The molecule has 29 heavy (non-hydrogen) atoms. The highest BCUT2D eigenvalue weighted by molar-refractivity contribution is 7.26. The fraction of sp³-hybridized carbons (Fsp3) is 0.571. The molecule has 0 radical (unpaired) electrons. The maximum atomic E-state index is 6.20. The quantitative estimate of drug-likeness (QED) is 0.639. The molecule has 5 heterocycles. The summed E-state index contributed by atoms with van der Waals surface area (Å²) in [7, 11) is 1.70. The lowest BCUT2D eigenvalue weighted by Crippen LogP contribution is -2.33. The molecule has 0 unspecified atom stereocenters. The number of fused-ring (bicyclic) bond motifs is 5. The predicted octanol–water partition coefficient (Wildman–Crippen LogP) is 3.75. The zero-order chi connectivity index (χ0) is 20.0. The molecule has 1 N–H and O–H groups in total. The van der Waals surface area contributed by atoms with E-state index >= 15 is 0 Å². The third-order valence-electron chi connectivity index (χ3n) is 5.81. The summed E-state index contributed by atoms with van der Waals surface area (Å²) < 4.78 is 12.4. The molecule has 154 valence electrons. The number of methoxy groups -OCH3 is 1. The molecule has 2 aliphatic heterocycles. The van der Waals surface area contributed by atoms with Crippen LogP contribution in [0, 0.1) is 0 Å². The van der Waals surface area contributed by atoms with E-state index in [9.17, 15) is 0 Å². The van der Waals surface area contributed by atoms with Gasteiger partial charge < -0.3 is 19.7 Å². The number of hydrogen-bond acceptors (Lipinski definition) is 8. The number of rotatable bonds is 5.